The molecule has 0 saturated carbocycles. The van der Waals surface area contributed by atoms with Crippen molar-refractivity contribution in [1.29, 1.82) is 0 Å². The van der Waals surface area contributed by atoms with Gasteiger partial charge in [0, 0.05) is 12.6 Å². The third kappa shape index (κ3) is 2.72. The molecule has 108 valence electrons. The van der Waals surface area contributed by atoms with Crippen molar-refractivity contribution < 1.29 is 8.78 Å². The van der Waals surface area contributed by atoms with Crippen LogP contribution in [0, 0.1) is 15.2 Å². The summed E-state index contributed by atoms with van der Waals surface area (Å²) in [7, 11) is 0. The van der Waals surface area contributed by atoms with Crippen molar-refractivity contribution in [3.63, 3.8) is 0 Å². The second kappa shape index (κ2) is 5.59. The lowest BCUT2D eigenvalue weighted by Crippen LogP contribution is -2.06. The summed E-state index contributed by atoms with van der Waals surface area (Å²) in [5, 5.41) is 0. The molecule has 3 aromatic rings. The zero-order valence-corrected chi connectivity index (χ0v) is 13.1. The van der Waals surface area contributed by atoms with Crippen LogP contribution in [0.4, 0.5) is 14.7 Å². The van der Waals surface area contributed by atoms with E-state index in [4.69, 9.17) is 5.73 Å². The Morgan fingerprint density at radius 2 is 1.90 bits per heavy atom. The fourth-order valence-corrected chi connectivity index (χ4v) is 2.76. The lowest BCUT2D eigenvalue weighted by molar-refractivity contribution is 0.596. The first kappa shape index (κ1) is 14.2. The van der Waals surface area contributed by atoms with Crippen LogP contribution < -0.4 is 5.73 Å². The summed E-state index contributed by atoms with van der Waals surface area (Å²) < 4.78 is 29.6. The third-order valence-corrected chi connectivity index (χ3v) is 4.21. The normalized spacial score (nSPS) is 11.2. The highest BCUT2D eigenvalue weighted by Crippen LogP contribution is 2.23. The third-order valence-electron chi connectivity index (χ3n) is 3.38. The van der Waals surface area contributed by atoms with Crippen LogP contribution in [0.1, 0.15) is 5.56 Å². The molecule has 3 nitrogen and oxygen atoms in total. The number of hydrogen-bond donors (Lipinski definition) is 1. The summed E-state index contributed by atoms with van der Waals surface area (Å²) >= 11 is 1.91. The number of anilines is 1. The first-order valence-electron chi connectivity index (χ1n) is 6.40. The molecule has 0 atom stereocenters. The number of imidazole rings is 1. The Hall–Kier alpha value is -1.70. The summed E-state index contributed by atoms with van der Waals surface area (Å²) in [4.78, 5) is 4.23. The number of aromatic nitrogens is 2. The first-order chi connectivity index (χ1) is 10.1. The maximum Gasteiger partial charge on any atom is 0.201 e. The van der Waals surface area contributed by atoms with E-state index in [2.05, 4.69) is 4.98 Å². The van der Waals surface area contributed by atoms with Gasteiger partial charge in [-0.05, 0) is 46.7 Å². The van der Waals surface area contributed by atoms with Crippen LogP contribution in [0.5, 0.6) is 0 Å². The molecule has 0 fully saturated rings. The van der Waals surface area contributed by atoms with Crippen molar-refractivity contribution >= 4 is 39.6 Å². The lowest BCUT2D eigenvalue weighted by atomic mass is 10.1. The second-order valence-corrected chi connectivity index (χ2v) is 5.88. The highest BCUT2D eigenvalue weighted by Gasteiger charge is 2.12. The van der Waals surface area contributed by atoms with Gasteiger partial charge in [-0.3, -0.25) is 0 Å². The van der Waals surface area contributed by atoms with Crippen LogP contribution in [-0.2, 0) is 13.0 Å². The van der Waals surface area contributed by atoms with Gasteiger partial charge < -0.3 is 10.3 Å². The van der Waals surface area contributed by atoms with Crippen LogP contribution in [-0.4, -0.2) is 9.55 Å². The van der Waals surface area contributed by atoms with Crippen LogP contribution in [0.15, 0.2) is 36.4 Å². The van der Waals surface area contributed by atoms with Crippen molar-refractivity contribution in [2.75, 3.05) is 5.73 Å². The van der Waals surface area contributed by atoms with Gasteiger partial charge in [0.15, 0.2) is 0 Å². The molecule has 0 radical (unpaired) electrons. The molecule has 1 aromatic heterocycles. The monoisotopic (exact) mass is 399 g/mol. The Morgan fingerprint density at radius 1 is 1.14 bits per heavy atom. The first-order valence-corrected chi connectivity index (χ1v) is 7.48. The molecule has 0 bridgehead atoms. The van der Waals surface area contributed by atoms with Gasteiger partial charge in [-0.25, -0.2) is 13.8 Å². The predicted molar refractivity (Wildman–Crippen MR) is 86.9 cm³/mol. The number of nitrogens with two attached hydrogens (primary N) is 1. The smallest absolute Gasteiger partial charge is 0.201 e. The fourth-order valence-electron chi connectivity index (χ4n) is 2.31. The van der Waals surface area contributed by atoms with Crippen molar-refractivity contribution in [2.45, 2.75) is 13.0 Å². The highest BCUT2D eigenvalue weighted by molar-refractivity contribution is 14.1. The zero-order valence-electron chi connectivity index (χ0n) is 11.0. The molecule has 0 amide bonds. The minimum absolute atomic E-state index is 0.249. The van der Waals surface area contributed by atoms with Gasteiger partial charge in [0.05, 0.1) is 14.6 Å². The Bertz CT molecular complexity index is 814. The molecule has 0 unspecified atom stereocenters. The van der Waals surface area contributed by atoms with Crippen LogP contribution >= 0.6 is 22.6 Å². The summed E-state index contributed by atoms with van der Waals surface area (Å²) in [6.07, 6.45) is 0.468. The van der Waals surface area contributed by atoms with Crippen LogP contribution in [0.3, 0.4) is 0 Å². The van der Waals surface area contributed by atoms with E-state index in [9.17, 15) is 8.78 Å². The number of nitrogens with zero attached hydrogens (tertiary/aromatic N) is 2. The Balaban J connectivity index is 1.95. The standard InChI is InChI=1S/C15H12F2IN3/c16-10-4-2-1-3-9(10)5-6-21-14-7-11(17)12(18)8-13(14)20-15(21)19/h1-4,7-8H,5-6H2,(H2,19,20). The Kier molecular flexibility index (Phi) is 3.79. The number of hydrogen-bond acceptors (Lipinski definition) is 2. The predicted octanol–water partition coefficient (Wildman–Crippen LogP) is 3.74. The van der Waals surface area contributed by atoms with Gasteiger partial charge in [-0.15, -0.1) is 0 Å². The largest absolute Gasteiger partial charge is 0.369 e. The van der Waals surface area contributed by atoms with Crippen LogP contribution in [0.2, 0.25) is 0 Å². The summed E-state index contributed by atoms with van der Waals surface area (Å²) in [6, 6.07) is 9.66. The highest BCUT2D eigenvalue weighted by atomic mass is 127. The van der Waals surface area contributed by atoms with Gasteiger partial charge in [0.1, 0.15) is 11.6 Å². The van der Waals surface area contributed by atoms with Crippen molar-refractivity contribution in [3.05, 3.63) is 57.2 Å². The van der Waals surface area contributed by atoms with E-state index in [0.29, 0.717) is 39.1 Å². The lowest BCUT2D eigenvalue weighted by Gasteiger charge is -2.07. The molecule has 6 heteroatoms. The molecular weight excluding hydrogens is 387 g/mol. The number of rotatable bonds is 3. The molecule has 0 saturated heterocycles. The average Bonchev–Trinajstić information content (AvgIpc) is 2.74. The number of halogens is 3. The van der Waals surface area contributed by atoms with E-state index < -0.39 is 0 Å². The zero-order chi connectivity index (χ0) is 15.0. The number of fused-ring (bicyclic) bond motifs is 1. The van der Waals surface area contributed by atoms with Gasteiger partial charge in [-0.1, -0.05) is 18.2 Å². The molecule has 0 spiro atoms. The number of aryl methyl sites for hydroxylation is 2. The molecule has 0 aliphatic carbocycles. The molecule has 0 aliphatic rings. The van der Waals surface area contributed by atoms with Crippen molar-refractivity contribution in [1.82, 2.24) is 9.55 Å². The number of benzene rings is 2. The minimum Gasteiger partial charge on any atom is -0.369 e. The van der Waals surface area contributed by atoms with E-state index in [-0.39, 0.29) is 11.6 Å². The molecule has 1 heterocycles. The quantitative estimate of drug-likeness (QED) is 0.682. The van der Waals surface area contributed by atoms with E-state index >= 15 is 0 Å². The van der Waals surface area contributed by atoms with Crippen molar-refractivity contribution in [2.24, 2.45) is 0 Å². The molecule has 3 rings (SSSR count). The summed E-state index contributed by atoms with van der Waals surface area (Å²) in [6.45, 7) is 0.448. The SMILES string of the molecule is Nc1nc2cc(I)c(F)cc2n1CCc1ccccc1F. The summed E-state index contributed by atoms with van der Waals surface area (Å²) in [5.41, 5.74) is 7.76. The average molecular weight is 399 g/mol. The molecule has 0 aliphatic heterocycles. The van der Waals surface area contributed by atoms with Gasteiger partial charge in [-0.2, -0.15) is 0 Å². The summed E-state index contributed by atoms with van der Waals surface area (Å²) in [5.74, 6) is -0.251. The molecular formula is C15H12F2IN3. The molecule has 21 heavy (non-hydrogen) atoms. The fraction of sp³-hybridized carbons (Fsp3) is 0.133. The maximum absolute atomic E-state index is 13.7. The second-order valence-electron chi connectivity index (χ2n) is 4.72. The minimum atomic E-state index is -0.310. The van der Waals surface area contributed by atoms with E-state index in [1.807, 2.05) is 22.6 Å². The van der Waals surface area contributed by atoms with Crippen molar-refractivity contribution in [3.8, 4) is 0 Å². The number of nitrogen functional groups attached to an aromatic ring is 1. The molecule has 2 N–H and O–H groups in total. The van der Waals surface area contributed by atoms with E-state index in [1.54, 1.807) is 28.8 Å². The van der Waals surface area contributed by atoms with Crippen LogP contribution in [0.25, 0.3) is 11.0 Å². The van der Waals surface area contributed by atoms with E-state index in [0.717, 1.165) is 0 Å². The maximum atomic E-state index is 13.7. The Morgan fingerprint density at radius 3 is 2.67 bits per heavy atom. The van der Waals surface area contributed by atoms with E-state index in [1.165, 1.54) is 12.1 Å². The Labute approximate surface area is 133 Å². The topological polar surface area (TPSA) is 43.8 Å². The molecule has 2 aromatic carbocycles. The van der Waals surface area contributed by atoms with Gasteiger partial charge in [0.25, 0.3) is 0 Å². The van der Waals surface area contributed by atoms with Gasteiger partial charge >= 0.3 is 0 Å². The van der Waals surface area contributed by atoms with Gasteiger partial charge in [0.2, 0.25) is 5.95 Å².